The van der Waals surface area contributed by atoms with Crippen LogP contribution in [-0.4, -0.2) is 24.4 Å². The van der Waals surface area contributed by atoms with E-state index in [4.69, 9.17) is 5.73 Å². The SMILES string of the molecule is CCN(C)C(=O)CCc1ccccc1N.Cl. The van der Waals surface area contributed by atoms with Gasteiger partial charge in [-0.3, -0.25) is 4.79 Å². The summed E-state index contributed by atoms with van der Waals surface area (Å²) in [7, 11) is 1.82. The number of para-hydroxylation sites is 1. The molecular formula is C12H19ClN2O. The van der Waals surface area contributed by atoms with Crippen molar-refractivity contribution in [1.29, 1.82) is 0 Å². The van der Waals surface area contributed by atoms with Crippen LogP contribution >= 0.6 is 12.4 Å². The van der Waals surface area contributed by atoms with Crippen LogP contribution in [0.3, 0.4) is 0 Å². The number of nitrogen functional groups attached to an aromatic ring is 1. The third kappa shape index (κ3) is 4.11. The van der Waals surface area contributed by atoms with Crippen LogP contribution in [0, 0.1) is 0 Å². The molecule has 1 amide bonds. The summed E-state index contributed by atoms with van der Waals surface area (Å²) in [6.45, 7) is 2.72. The van der Waals surface area contributed by atoms with E-state index >= 15 is 0 Å². The highest BCUT2D eigenvalue weighted by Crippen LogP contribution is 2.12. The predicted molar refractivity (Wildman–Crippen MR) is 69.7 cm³/mol. The van der Waals surface area contributed by atoms with Gasteiger partial charge in [0.15, 0.2) is 0 Å². The molecule has 0 radical (unpaired) electrons. The first kappa shape index (κ1) is 14.8. The van der Waals surface area contributed by atoms with Crippen LogP contribution in [0.5, 0.6) is 0 Å². The quantitative estimate of drug-likeness (QED) is 0.822. The van der Waals surface area contributed by atoms with Gasteiger partial charge in [0, 0.05) is 25.7 Å². The van der Waals surface area contributed by atoms with Gasteiger partial charge in [-0.25, -0.2) is 0 Å². The summed E-state index contributed by atoms with van der Waals surface area (Å²) in [6.07, 6.45) is 1.24. The van der Waals surface area contributed by atoms with Crippen LogP contribution < -0.4 is 5.73 Å². The highest BCUT2D eigenvalue weighted by Gasteiger charge is 2.07. The molecule has 0 bridgehead atoms. The molecule has 0 aliphatic heterocycles. The van der Waals surface area contributed by atoms with Crippen molar-refractivity contribution < 1.29 is 4.79 Å². The van der Waals surface area contributed by atoms with Crippen LogP contribution in [0.2, 0.25) is 0 Å². The standard InChI is InChI=1S/C12H18N2O.ClH/c1-3-14(2)12(15)9-8-10-6-4-5-7-11(10)13;/h4-7H,3,8-9,13H2,1-2H3;1H. The number of carbonyl (C=O) groups is 1. The Labute approximate surface area is 103 Å². The fourth-order valence-electron chi connectivity index (χ4n) is 1.37. The van der Waals surface area contributed by atoms with E-state index in [-0.39, 0.29) is 18.3 Å². The number of nitrogens with two attached hydrogens (primary N) is 1. The van der Waals surface area contributed by atoms with Crippen molar-refractivity contribution in [3.8, 4) is 0 Å². The summed E-state index contributed by atoms with van der Waals surface area (Å²) < 4.78 is 0. The molecule has 1 aromatic carbocycles. The maximum absolute atomic E-state index is 11.5. The first-order valence-electron chi connectivity index (χ1n) is 5.22. The van der Waals surface area contributed by atoms with Crippen LogP contribution in [0.4, 0.5) is 5.69 Å². The molecule has 0 unspecified atom stereocenters. The number of amides is 1. The van der Waals surface area contributed by atoms with Gasteiger partial charge >= 0.3 is 0 Å². The molecule has 90 valence electrons. The summed E-state index contributed by atoms with van der Waals surface area (Å²) in [5.74, 6) is 0.167. The van der Waals surface area contributed by atoms with Crippen LogP contribution in [0.15, 0.2) is 24.3 Å². The third-order valence-electron chi connectivity index (χ3n) is 2.56. The molecule has 0 saturated carbocycles. The Morgan fingerprint density at radius 3 is 2.56 bits per heavy atom. The van der Waals surface area contributed by atoms with Crippen molar-refractivity contribution >= 4 is 24.0 Å². The smallest absolute Gasteiger partial charge is 0.222 e. The lowest BCUT2D eigenvalue weighted by molar-refractivity contribution is -0.129. The zero-order valence-electron chi connectivity index (χ0n) is 9.77. The number of benzene rings is 1. The van der Waals surface area contributed by atoms with E-state index in [9.17, 15) is 4.79 Å². The number of anilines is 1. The van der Waals surface area contributed by atoms with E-state index in [0.29, 0.717) is 6.42 Å². The van der Waals surface area contributed by atoms with Gasteiger partial charge in [0.05, 0.1) is 0 Å². The van der Waals surface area contributed by atoms with Gasteiger partial charge in [-0.1, -0.05) is 18.2 Å². The molecule has 0 aliphatic rings. The number of hydrogen-bond donors (Lipinski definition) is 1. The third-order valence-corrected chi connectivity index (χ3v) is 2.56. The maximum atomic E-state index is 11.5. The number of hydrogen-bond acceptors (Lipinski definition) is 2. The van der Waals surface area contributed by atoms with Crippen LogP contribution in [0.1, 0.15) is 18.9 Å². The number of halogens is 1. The molecule has 0 atom stereocenters. The Morgan fingerprint density at radius 1 is 1.38 bits per heavy atom. The Balaban J connectivity index is 0.00000225. The van der Waals surface area contributed by atoms with Gasteiger partial charge in [-0.05, 0) is 25.0 Å². The van der Waals surface area contributed by atoms with Gasteiger partial charge in [0.2, 0.25) is 5.91 Å². The van der Waals surface area contributed by atoms with Gasteiger partial charge in [0.1, 0.15) is 0 Å². The average molecular weight is 243 g/mol. The monoisotopic (exact) mass is 242 g/mol. The summed E-state index contributed by atoms with van der Waals surface area (Å²) in [5, 5.41) is 0. The second kappa shape index (κ2) is 7.12. The topological polar surface area (TPSA) is 46.3 Å². The Bertz CT molecular complexity index is 342. The van der Waals surface area contributed by atoms with Crippen molar-refractivity contribution in [3.63, 3.8) is 0 Å². The lowest BCUT2D eigenvalue weighted by Gasteiger charge is -2.14. The highest BCUT2D eigenvalue weighted by atomic mass is 35.5. The minimum Gasteiger partial charge on any atom is -0.399 e. The largest absolute Gasteiger partial charge is 0.399 e. The maximum Gasteiger partial charge on any atom is 0.222 e. The molecule has 0 fully saturated rings. The van der Waals surface area contributed by atoms with Gasteiger partial charge in [-0.15, -0.1) is 12.4 Å². The second-order valence-corrected chi connectivity index (χ2v) is 3.61. The van der Waals surface area contributed by atoms with Gasteiger partial charge < -0.3 is 10.6 Å². The summed E-state index contributed by atoms with van der Waals surface area (Å²) in [6, 6.07) is 7.68. The van der Waals surface area contributed by atoms with Crippen molar-refractivity contribution in [2.24, 2.45) is 0 Å². The lowest BCUT2D eigenvalue weighted by atomic mass is 10.1. The Hall–Kier alpha value is -1.22. The van der Waals surface area contributed by atoms with Crippen molar-refractivity contribution in [1.82, 2.24) is 4.90 Å². The van der Waals surface area contributed by atoms with Gasteiger partial charge in [-0.2, -0.15) is 0 Å². The van der Waals surface area contributed by atoms with E-state index in [0.717, 1.165) is 24.2 Å². The minimum absolute atomic E-state index is 0. The fourth-order valence-corrected chi connectivity index (χ4v) is 1.37. The molecule has 0 spiro atoms. The number of nitrogens with zero attached hydrogens (tertiary/aromatic N) is 1. The number of aryl methyl sites for hydroxylation is 1. The van der Waals surface area contributed by atoms with E-state index in [2.05, 4.69) is 0 Å². The van der Waals surface area contributed by atoms with E-state index in [1.807, 2.05) is 38.2 Å². The minimum atomic E-state index is 0. The van der Waals surface area contributed by atoms with E-state index in [1.54, 1.807) is 4.90 Å². The number of carbonyl (C=O) groups excluding carboxylic acids is 1. The Kier molecular flexibility index (Phi) is 6.58. The average Bonchev–Trinajstić information content (AvgIpc) is 2.26. The van der Waals surface area contributed by atoms with Crippen LogP contribution in [0.25, 0.3) is 0 Å². The molecule has 0 aromatic heterocycles. The molecule has 1 rings (SSSR count). The zero-order chi connectivity index (χ0) is 11.3. The van der Waals surface area contributed by atoms with Crippen molar-refractivity contribution in [2.45, 2.75) is 19.8 Å². The fraction of sp³-hybridized carbons (Fsp3) is 0.417. The molecule has 2 N–H and O–H groups in total. The van der Waals surface area contributed by atoms with Crippen molar-refractivity contribution in [2.75, 3.05) is 19.3 Å². The summed E-state index contributed by atoms with van der Waals surface area (Å²) in [4.78, 5) is 13.3. The molecule has 3 nitrogen and oxygen atoms in total. The lowest BCUT2D eigenvalue weighted by Crippen LogP contribution is -2.26. The zero-order valence-corrected chi connectivity index (χ0v) is 10.6. The molecule has 0 aliphatic carbocycles. The first-order chi connectivity index (χ1) is 7.15. The summed E-state index contributed by atoms with van der Waals surface area (Å²) in [5.41, 5.74) is 7.61. The number of rotatable bonds is 4. The van der Waals surface area contributed by atoms with E-state index in [1.165, 1.54) is 0 Å². The predicted octanol–water partition coefficient (Wildman–Crippen LogP) is 2.10. The molecular weight excluding hydrogens is 224 g/mol. The molecule has 4 heteroatoms. The Morgan fingerprint density at radius 2 is 2.00 bits per heavy atom. The highest BCUT2D eigenvalue weighted by molar-refractivity contribution is 5.85. The second-order valence-electron chi connectivity index (χ2n) is 3.61. The van der Waals surface area contributed by atoms with Crippen molar-refractivity contribution in [3.05, 3.63) is 29.8 Å². The molecule has 0 saturated heterocycles. The van der Waals surface area contributed by atoms with Crippen LogP contribution in [-0.2, 0) is 11.2 Å². The van der Waals surface area contributed by atoms with E-state index < -0.39 is 0 Å². The first-order valence-corrected chi connectivity index (χ1v) is 5.22. The molecule has 16 heavy (non-hydrogen) atoms. The van der Waals surface area contributed by atoms with Gasteiger partial charge in [0.25, 0.3) is 0 Å². The molecule has 0 heterocycles. The normalized spacial score (nSPS) is 9.38. The molecule has 1 aromatic rings. The summed E-state index contributed by atoms with van der Waals surface area (Å²) >= 11 is 0.